The first-order valence-corrected chi connectivity index (χ1v) is 17.3. The lowest BCUT2D eigenvalue weighted by Gasteiger charge is -2.18. The van der Waals surface area contributed by atoms with Gasteiger partial charge in [0.1, 0.15) is 0 Å². The molecule has 0 saturated carbocycles. The number of aromatic nitrogens is 4. The van der Waals surface area contributed by atoms with Crippen molar-refractivity contribution in [3.8, 4) is 33.6 Å². The van der Waals surface area contributed by atoms with Crippen LogP contribution in [0.4, 0.5) is 0 Å². The van der Waals surface area contributed by atoms with E-state index in [1.807, 2.05) is 16.8 Å². The molecule has 0 radical (unpaired) electrons. The van der Waals surface area contributed by atoms with Gasteiger partial charge in [-0.15, -0.1) is 0 Å². The van der Waals surface area contributed by atoms with Crippen molar-refractivity contribution in [1.82, 2.24) is 19.6 Å². The van der Waals surface area contributed by atoms with Gasteiger partial charge in [0.05, 0.1) is 33.5 Å². The molecule has 0 spiro atoms. The van der Waals surface area contributed by atoms with Crippen molar-refractivity contribution in [3.05, 3.63) is 170 Å². The minimum Gasteiger partial charge on any atom is -0.254 e. The second kappa shape index (κ2) is 10.8. The van der Waals surface area contributed by atoms with Gasteiger partial charge in [0.15, 0.2) is 0 Å². The van der Waals surface area contributed by atoms with Crippen molar-refractivity contribution in [2.75, 3.05) is 0 Å². The van der Waals surface area contributed by atoms with Gasteiger partial charge in [0, 0.05) is 22.4 Å². The maximum Gasteiger partial charge on any atom is 0.0972 e. The minimum atomic E-state index is 0.861. The van der Waals surface area contributed by atoms with Crippen LogP contribution in [0.15, 0.2) is 170 Å². The van der Waals surface area contributed by atoms with Gasteiger partial charge in [0.25, 0.3) is 0 Å². The Hall–Kier alpha value is -6.91. The molecular weight excluding hydrogens is 621 g/mol. The summed E-state index contributed by atoms with van der Waals surface area (Å²) in [5.74, 6) is 0. The lowest BCUT2D eigenvalue weighted by Crippen LogP contribution is -1.96. The first-order valence-electron chi connectivity index (χ1n) is 17.3. The molecule has 0 fully saturated rings. The van der Waals surface area contributed by atoms with Crippen molar-refractivity contribution in [2.45, 2.75) is 0 Å². The monoisotopic (exact) mass is 648 g/mol. The summed E-state index contributed by atoms with van der Waals surface area (Å²) in [5.41, 5.74) is 10.5. The van der Waals surface area contributed by atoms with E-state index in [1.54, 1.807) is 0 Å². The molecule has 4 aromatic heterocycles. The molecule has 0 aliphatic rings. The molecule has 0 amide bonds. The Labute approximate surface area is 292 Å². The fourth-order valence-electron chi connectivity index (χ4n) is 8.14. The summed E-state index contributed by atoms with van der Waals surface area (Å²) >= 11 is 0. The highest BCUT2D eigenvalue weighted by Crippen LogP contribution is 2.45. The van der Waals surface area contributed by atoms with Crippen LogP contribution >= 0.6 is 0 Å². The molecule has 11 aromatic rings. The molecule has 4 nitrogen and oxygen atoms in total. The molecular formula is C47H28N4. The quantitative estimate of drug-likeness (QED) is 0.141. The van der Waals surface area contributed by atoms with Crippen LogP contribution in [0, 0.1) is 0 Å². The molecule has 4 heterocycles. The molecule has 0 aliphatic carbocycles. The van der Waals surface area contributed by atoms with Gasteiger partial charge >= 0.3 is 0 Å². The molecule has 0 unspecified atom stereocenters. The lowest BCUT2D eigenvalue weighted by atomic mass is 9.84. The third-order valence-electron chi connectivity index (χ3n) is 10.4. The molecule has 11 rings (SSSR count). The zero-order valence-corrected chi connectivity index (χ0v) is 27.5. The van der Waals surface area contributed by atoms with Crippen molar-refractivity contribution in [2.24, 2.45) is 0 Å². The number of nitrogens with zero attached hydrogens (tertiary/aromatic N) is 4. The average molecular weight is 649 g/mol. The number of hydrogen-bond donors (Lipinski definition) is 0. The van der Waals surface area contributed by atoms with Crippen LogP contribution in [-0.4, -0.2) is 19.6 Å². The van der Waals surface area contributed by atoms with Gasteiger partial charge in [-0.3, -0.25) is 4.98 Å². The fourth-order valence-corrected chi connectivity index (χ4v) is 8.14. The van der Waals surface area contributed by atoms with Crippen molar-refractivity contribution in [3.63, 3.8) is 0 Å². The number of hydrogen-bond acceptors (Lipinski definition) is 3. The van der Waals surface area contributed by atoms with Gasteiger partial charge in [0.2, 0.25) is 0 Å². The number of fused-ring (bicyclic) bond motifs is 9. The highest BCUT2D eigenvalue weighted by Gasteiger charge is 2.19. The van der Waals surface area contributed by atoms with E-state index in [2.05, 4.69) is 163 Å². The van der Waals surface area contributed by atoms with E-state index in [9.17, 15) is 0 Å². The largest absolute Gasteiger partial charge is 0.254 e. The topological polar surface area (TPSA) is 43.1 Å². The molecule has 51 heavy (non-hydrogen) atoms. The molecule has 4 heteroatoms. The first kappa shape index (κ1) is 28.0. The SMILES string of the molecule is c1ccc2c(-c3c4ccccc4c(-c4ccc5c(c4)nn4c(-c6ccc7ccc8cccnc8c7n6)cccc54)c4ccccc34)cccc2c1. The Balaban J connectivity index is 1.14. The van der Waals surface area contributed by atoms with Crippen molar-refractivity contribution < 1.29 is 0 Å². The summed E-state index contributed by atoms with van der Waals surface area (Å²) < 4.78 is 2.04. The van der Waals surface area contributed by atoms with Crippen LogP contribution in [0.3, 0.4) is 0 Å². The standard InChI is InChI=1S/C47H28N4/c1-2-13-33-29(10-1)11-7-18-34(33)45-37-16-5-3-14-35(37)44(36-15-4-6-17-38(36)45)32-23-25-39-41(28-32)50-51-42(39)19-8-20-43(51)40-26-24-31-22-21-30-12-9-27-48-46(30)47(31)49-40/h1-28H. The van der Waals surface area contributed by atoms with Gasteiger partial charge in [-0.25, -0.2) is 9.50 Å². The van der Waals surface area contributed by atoms with Crippen LogP contribution in [0.1, 0.15) is 0 Å². The number of rotatable bonds is 3. The summed E-state index contributed by atoms with van der Waals surface area (Å²) in [4.78, 5) is 9.83. The maximum atomic E-state index is 5.24. The predicted molar refractivity (Wildman–Crippen MR) is 212 cm³/mol. The second-order valence-electron chi connectivity index (χ2n) is 13.2. The van der Waals surface area contributed by atoms with Crippen LogP contribution in [0.25, 0.3) is 104 Å². The number of benzene rings is 7. The van der Waals surface area contributed by atoms with E-state index in [-0.39, 0.29) is 0 Å². The molecule has 236 valence electrons. The molecule has 0 N–H and O–H groups in total. The lowest BCUT2D eigenvalue weighted by molar-refractivity contribution is 0.984. The second-order valence-corrected chi connectivity index (χ2v) is 13.2. The van der Waals surface area contributed by atoms with Crippen LogP contribution < -0.4 is 0 Å². The smallest absolute Gasteiger partial charge is 0.0972 e. The Kier molecular flexibility index (Phi) is 5.92. The highest BCUT2D eigenvalue weighted by molar-refractivity contribution is 6.24. The van der Waals surface area contributed by atoms with Crippen LogP contribution in [0.5, 0.6) is 0 Å². The summed E-state index contributed by atoms with van der Waals surface area (Å²) in [6.07, 6.45) is 1.83. The highest BCUT2D eigenvalue weighted by atomic mass is 15.2. The first-order chi connectivity index (χ1) is 25.3. The maximum absolute atomic E-state index is 5.24. The van der Waals surface area contributed by atoms with Gasteiger partial charge in [-0.1, -0.05) is 127 Å². The Morgan fingerprint density at radius 2 is 1.08 bits per heavy atom. The fraction of sp³-hybridized carbons (Fsp3) is 0. The van der Waals surface area contributed by atoms with E-state index >= 15 is 0 Å². The Morgan fingerprint density at radius 1 is 0.431 bits per heavy atom. The van der Waals surface area contributed by atoms with E-state index in [1.165, 1.54) is 49.0 Å². The summed E-state index contributed by atoms with van der Waals surface area (Å²) in [6.45, 7) is 0. The van der Waals surface area contributed by atoms with Crippen LogP contribution in [0.2, 0.25) is 0 Å². The van der Waals surface area contributed by atoms with Gasteiger partial charge in [-0.2, -0.15) is 5.10 Å². The molecule has 0 aliphatic heterocycles. The average Bonchev–Trinajstić information content (AvgIpc) is 3.58. The van der Waals surface area contributed by atoms with Crippen LogP contribution in [-0.2, 0) is 0 Å². The van der Waals surface area contributed by atoms with E-state index < -0.39 is 0 Å². The Bertz CT molecular complexity index is 3150. The molecule has 0 saturated heterocycles. The third-order valence-corrected chi connectivity index (χ3v) is 10.4. The van der Waals surface area contributed by atoms with Crippen molar-refractivity contribution >= 4 is 70.5 Å². The zero-order chi connectivity index (χ0) is 33.5. The molecule has 0 bridgehead atoms. The minimum absolute atomic E-state index is 0.861. The normalized spacial score (nSPS) is 11.9. The Morgan fingerprint density at radius 3 is 1.88 bits per heavy atom. The van der Waals surface area contributed by atoms with E-state index in [0.717, 1.165) is 55.2 Å². The summed E-state index contributed by atoms with van der Waals surface area (Å²) in [7, 11) is 0. The third kappa shape index (κ3) is 4.17. The van der Waals surface area contributed by atoms with Gasteiger partial charge in [-0.05, 0) is 91.0 Å². The summed E-state index contributed by atoms with van der Waals surface area (Å²) in [5, 5.41) is 15.9. The molecule has 7 aromatic carbocycles. The summed E-state index contributed by atoms with van der Waals surface area (Å²) in [6, 6.07) is 58.5. The van der Waals surface area contributed by atoms with E-state index in [0.29, 0.717) is 0 Å². The van der Waals surface area contributed by atoms with E-state index in [4.69, 9.17) is 10.1 Å². The predicted octanol–water partition coefficient (Wildman–Crippen LogP) is 12.0. The van der Waals surface area contributed by atoms with Crippen molar-refractivity contribution in [1.29, 1.82) is 0 Å². The van der Waals surface area contributed by atoms with Gasteiger partial charge < -0.3 is 0 Å². The number of pyridine rings is 3. The molecule has 0 atom stereocenters. The zero-order valence-electron chi connectivity index (χ0n) is 27.5.